The van der Waals surface area contributed by atoms with E-state index in [1.54, 1.807) is 13.2 Å². The Morgan fingerprint density at radius 1 is 1.28 bits per heavy atom. The largest absolute Gasteiger partial charge is 0.493 e. The summed E-state index contributed by atoms with van der Waals surface area (Å²) in [6.07, 6.45) is 3.78. The number of aromatic nitrogens is 1. The van der Waals surface area contributed by atoms with E-state index in [0.29, 0.717) is 28.7 Å². The molecule has 0 saturated heterocycles. The van der Waals surface area contributed by atoms with Crippen LogP contribution >= 0.6 is 11.3 Å². The van der Waals surface area contributed by atoms with Gasteiger partial charge in [-0.05, 0) is 37.1 Å². The van der Waals surface area contributed by atoms with Gasteiger partial charge in [0.05, 0.1) is 26.4 Å². The van der Waals surface area contributed by atoms with Gasteiger partial charge in [0.1, 0.15) is 5.01 Å². The van der Waals surface area contributed by atoms with Crippen molar-refractivity contribution in [1.82, 2.24) is 4.98 Å². The number of carbonyl (C=O) groups is 1. The van der Waals surface area contributed by atoms with Crippen molar-refractivity contribution in [3.05, 3.63) is 39.8 Å². The van der Waals surface area contributed by atoms with Crippen molar-refractivity contribution >= 4 is 29.0 Å². The first-order valence-electron chi connectivity index (χ1n) is 8.12. The molecule has 0 unspecified atom stereocenters. The predicted octanol–water partition coefficient (Wildman–Crippen LogP) is 4.35. The number of aryl methyl sites for hydroxylation is 1. The van der Waals surface area contributed by atoms with E-state index in [1.807, 2.05) is 30.5 Å². The number of hydrogen-bond acceptors (Lipinski definition) is 6. The molecule has 0 N–H and O–H groups in total. The fourth-order valence-corrected chi connectivity index (χ4v) is 2.99. The average molecular weight is 361 g/mol. The Morgan fingerprint density at radius 3 is 2.68 bits per heavy atom. The van der Waals surface area contributed by atoms with Crippen molar-refractivity contribution in [2.75, 3.05) is 20.8 Å². The normalized spacial score (nSPS) is 11.3. The molecule has 0 spiro atoms. The van der Waals surface area contributed by atoms with E-state index >= 15 is 0 Å². The van der Waals surface area contributed by atoms with E-state index in [9.17, 15) is 4.79 Å². The molecule has 134 valence electrons. The number of rotatable bonds is 8. The van der Waals surface area contributed by atoms with Crippen LogP contribution in [0, 0.1) is 6.92 Å². The summed E-state index contributed by atoms with van der Waals surface area (Å²) in [5.74, 6) is 0.904. The van der Waals surface area contributed by atoms with E-state index in [2.05, 4.69) is 11.9 Å². The van der Waals surface area contributed by atoms with E-state index in [0.717, 1.165) is 24.1 Å². The fraction of sp³-hybridized carbons (Fsp3) is 0.368. The second kappa shape index (κ2) is 9.22. The zero-order valence-corrected chi connectivity index (χ0v) is 15.8. The molecule has 1 aromatic heterocycles. The number of thiazole rings is 1. The number of esters is 1. The second-order valence-electron chi connectivity index (χ2n) is 5.46. The third-order valence-corrected chi connectivity index (χ3v) is 4.50. The summed E-state index contributed by atoms with van der Waals surface area (Å²) in [7, 11) is 2.97. The van der Waals surface area contributed by atoms with Gasteiger partial charge in [-0.25, -0.2) is 9.78 Å². The summed E-state index contributed by atoms with van der Waals surface area (Å²) in [6, 6.07) is 5.56. The van der Waals surface area contributed by atoms with Crippen molar-refractivity contribution in [1.29, 1.82) is 0 Å². The molecule has 6 heteroatoms. The van der Waals surface area contributed by atoms with Crippen LogP contribution in [0.3, 0.4) is 0 Å². The Kier molecular flexibility index (Phi) is 7.01. The van der Waals surface area contributed by atoms with Crippen LogP contribution in [0.5, 0.6) is 11.5 Å². The zero-order valence-electron chi connectivity index (χ0n) is 15.0. The van der Waals surface area contributed by atoms with Crippen LogP contribution in [-0.2, 0) is 9.53 Å². The number of carbonyl (C=O) groups excluding carboxylic acids is 1. The highest BCUT2D eigenvalue weighted by Gasteiger charge is 2.16. The summed E-state index contributed by atoms with van der Waals surface area (Å²) in [5, 5.41) is 2.54. The van der Waals surface area contributed by atoms with Crippen LogP contribution in [0.4, 0.5) is 0 Å². The van der Waals surface area contributed by atoms with Crippen LogP contribution in [0.15, 0.2) is 23.6 Å². The van der Waals surface area contributed by atoms with Crippen LogP contribution in [0.25, 0.3) is 11.6 Å². The maximum Gasteiger partial charge on any atom is 0.340 e. The molecule has 0 fully saturated rings. The first-order chi connectivity index (χ1) is 12.1. The number of unbranched alkanes of at least 4 members (excludes halogenated alkanes) is 1. The lowest BCUT2D eigenvalue weighted by Crippen LogP contribution is -2.04. The SMILES string of the molecule is CCCCOc1cc(/C=C(\C(=O)OC)c2nc(C)cs2)ccc1OC. The smallest absolute Gasteiger partial charge is 0.340 e. The highest BCUT2D eigenvalue weighted by molar-refractivity contribution is 7.11. The molecular weight excluding hydrogens is 338 g/mol. The Hall–Kier alpha value is -2.34. The molecule has 0 amide bonds. The van der Waals surface area contributed by atoms with E-state index in [4.69, 9.17) is 14.2 Å². The minimum absolute atomic E-state index is 0.418. The predicted molar refractivity (Wildman–Crippen MR) is 100 cm³/mol. The molecule has 0 aliphatic heterocycles. The van der Waals surface area contributed by atoms with Gasteiger partial charge in [0, 0.05) is 11.1 Å². The highest BCUT2D eigenvalue weighted by atomic mass is 32.1. The first-order valence-corrected chi connectivity index (χ1v) is 9.00. The number of ether oxygens (including phenoxy) is 3. The van der Waals surface area contributed by atoms with Crippen LogP contribution in [0.1, 0.15) is 36.0 Å². The van der Waals surface area contributed by atoms with Gasteiger partial charge < -0.3 is 14.2 Å². The molecule has 25 heavy (non-hydrogen) atoms. The third kappa shape index (κ3) is 5.06. The van der Waals surface area contributed by atoms with Crippen LogP contribution in [-0.4, -0.2) is 31.8 Å². The minimum Gasteiger partial charge on any atom is -0.493 e. The molecule has 2 rings (SSSR count). The number of benzene rings is 1. The maximum atomic E-state index is 12.2. The van der Waals surface area contributed by atoms with Crippen molar-refractivity contribution in [3.8, 4) is 11.5 Å². The Labute approximate surface area is 152 Å². The number of nitrogens with zero attached hydrogens (tertiary/aromatic N) is 1. The molecule has 0 radical (unpaired) electrons. The molecule has 0 aliphatic rings. The van der Waals surface area contributed by atoms with E-state index in [-0.39, 0.29) is 0 Å². The van der Waals surface area contributed by atoms with Gasteiger partial charge in [-0.2, -0.15) is 0 Å². The lowest BCUT2D eigenvalue weighted by molar-refractivity contribution is -0.133. The van der Waals surface area contributed by atoms with Gasteiger partial charge in [-0.15, -0.1) is 11.3 Å². The van der Waals surface area contributed by atoms with Crippen molar-refractivity contribution in [2.24, 2.45) is 0 Å². The molecule has 0 saturated carbocycles. The van der Waals surface area contributed by atoms with Gasteiger partial charge in [0.2, 0.25) is 0 Å². The van der Waals surface area contributed by atoms with Crippen molar-refractivity contribution in [2.45, 2.75) is 26.7 Å². The number of hydrogen-bond donors (Lipinski definition) is 0. The maximum absolute atomic E-state index is 12.2. The van der Waals surface area contributed by atoms with E-state index < -0.39 is 5.97 Å². The standard InChI is InChI=1S/C19H23NO4S/c1-5-6-9-24-17-11-14(7-8-16(17)22-3)10-15(19(21)23-4)18-20-13(2)12-25-18/h7-8,10-12H,5-6,9H2,1-4H3/b15-10-. The molecule has 0 aliphatic carbocycles. The third-order valence-electron chi connectivity index (χ3n) is 3.51. The molecule has 1 aromatic carbocycles. The first kappa shape index (κ1) is 19.0. The summed E-state index contributed by atoms with van der Waals surface area (Å²) in [4.78, 5) is 16.6. The van der Waals surface area contributed by atoms with Gasteiger partial charge in [-0.1, -0.05) is 19.4 Å². The second-order valence-corrected chi connectivity index (χ2v) is 6.31. The van der Waals surface area contributed by atoms with Crippen molar-refractivity contribution in [3.63, 3.8) is 0 Å². The quantitative estimate of drug-likeness (QED) is 0.397. The molecule has 0 atom stereocenters. The average Bonchev–Trinajstić information content (AvgIpc) is 3.05. The van der Waals surface area contributed by atoms with Gasteiger partial charge in [0.25, 0.3) is 0 Å². The summed E-state index contributed by atoms with van der Waals surface area (Å²) in [6.45, 7) is 4.62. The molecule has 2 aromatic rings. The molecule has 5 nitrogen and oxygen atoms in total. The summed E-state index contributed by atoms with van der Waals surface area (Å²) >= 11 is 1.41. The zero-order chi connectivity index (χ0) is 18.2. The fourth-order valence-electron chi connectivity index (χ4n) is 2.18. The number of methoxy groups -OCH3 is 2. The Balaban J connectivity index is 2.38. The van der Waals surface area contributed by atoms with Gasteiger partial charge in [-0.3, -0.25) is 0 Å². The van der Waals surface area contributed by atoms with Gasteiger partial charge >= 0.3 is 5.97 Å². The summed E-state index contributed by atoms with van der Waals surface area (Å²) < 4.78 is 16.1. The minimum atomic E-state index is -0.418. The van der Waals surface area contributed by atoms with Crippen LogP contribution in [0.2, 0.25) is 0 Å². The Bertz CT molecular complexity index is 752. The monoisotopic (exact) mass is 361 g/mol. The summed E-state index contributed by atoms with van der Waals surface area (Å²) in [5.41, 5.74) is 2.11. The lowest BCUT2D eigenvalue weighted by Gasteiger charge is -2.11. The Morgan fingerprint density at radius 2 is 2.08 bits per heavy atom. The highest BCUT2D eigenvalue weighted by Crippen LogP contribution is 2.31. The molecule has 1 heterocycles. The van der Waals surface area contributed by atoms with Crippen LogP contribution < -0.4 is 9.47 Å². The molecule has 0 bridgehead atoms. The lowest BCUT2D eigenvalue weighted by atomic mass is 10.1. The van der Waals surface area contributed by atoms with Crippen molar-refractivity contribution < 1.29 is 19.0 Å². The molecular formula is C19H23NO4S. The van der Waals surface area contributed by atoms with Gasteiger partial charge in [0.15, 0.2) is 11.5 Å². The van der Waals surface area contributed by atoms with E-state index in [1.165, 1.54) is 18.4 Å². The topological polar surface area (TPSA) is 57.7 Å².